The largest absolute Gasteiger partial charge is 0.456 e. The van der Waals surface area contributed by atoms with Gasteiger partial charge in [-0.2, -0.15) is 0 Å². The van der Waals surface area contributed by atoms with Crippen molar-refractivity contribution in [3.63, 3.8) is 0 Å². The fraction of sp³-hybridized carbons (Fsp3) is 0. The summed E-state index contributed by atoms with van der Waals surface area (Å²) in [5, 5.41) is 3.06. The normalized spacial score (nSPS) is 11.2. The number of hydrogen-bond acceptors (Lipinski definition) is 1. The summed E-state index contributed by atoms with van der Waals surface area (Å²) in [6.07, 6.45) is 0. The Bertz CT molecular complexity index is 904. The first-order valence-electron chi connectivity index (χ1n) is 6.48. The van der Waals surface area contributed by atoms with Crippen molar-refractivity contribution in [2.24, 2.45) is 0 Å². The summed E-state index contributed by atoms with van der Waals surface area (Å²) in [5.41, 5.74) is 4.11. The maximum atomic E-state index is 5.93. The lowest BCUT2D eigenvalue weighted by atomic mass is 10.0. The molecule has 0 saturated heterocycles. The number of fused-ring (bicyclic) bond motifs is 3. The van der Waals surface area contributed by atoms with Gasteiger partial charge in [-0.15, -0.1) is 0 Å². The molecule has 1 heterocycles. The highest BCUT2D eigenvalue weighted by molar-refractivity contribution is 6.30. The van der Waals surface area contributed by atoms with Gasteiger partial charge >= 0.3 is 0 Å². The van der Waals surface area contributed by atoms with Crippen molar-refractivity contribution < 1.29 is 4.42 Å². The maximum absolute atomic E-state index is 5.93. The number of halogens is 1. The van der Waals surface area contributed by atoms with Gasteiger partial charge in [0.05, 0.1) is 0 Å². The minimum absolute atomic E-state index is 0.749. The van der Waals surface area contributed by atoms with Gasteiger partial charge in [-0.05, 0) is 41.5 Å². The molecule has 1 aromatic heterocycles. The second kappa shape index (κ2) is 4.39. The number of rotatable bonds is 1. The Hall–Kier alpha value is -2.25. The molecule has 20 heavy (non-hydrogen) atoms. The van der Waals surface area contributed by atoms with E-state index in [1.807, 2.05) is 42.5 Å². The van der Waals surface area contributed by atoms with Gasteiger partial charge in [0.25, 0.3) is 0 Å². The Labute approximate surface area is 121 Å². The Morgan fingerprint density at radius 2 is 1.35 bits per heavy atom. The van der Waals surface area contributed by atoms with E-state index in [1.165, 1.54) is 0 Å². The van der Waals surface area contributed by atoms with Gasteiger partial charge < -0.3 is 4.42 Å². The zero-order valence-electron chi connectivity index (χ0n) is 10.6. The van der Waals surface area contributed by atoms with Crippen molar-refractivity contribution in [3.05, 3.63) is 71.8 Å². The highest BCUT2D eigenvalue weighted by Crippen LogP contribution is 2.32. The van der Waals surface area contributed by atoms with Crippen molar-refractivity contribution in [2.45, 2.75) is 0 Å². The van der Waals surface area contributed by atoms with E-state index in [2.05, 4.69) is 24.3 Å². The first-order valence-corrected chi connectivity index (χ1v) is 6.86. The van der Waals surface area contributed by atoms with Crippen LogP contribution in [-0.2, 0) is 0 Å². The summed E-state index contributed by atoms with van der Waals surface area (Å²) in [7, 11) is 0. The minimum atomic E-state index is 0.749. The van der Waals surface area contributed by atoms with E-state index in [9.17, 15) is 0 Å². The summed E-state index contributed by atoms with van der Waals surface area (Å²) >= 11 is 5.93. The second-order valence-corrected chi connectivity index (χ2v) is 5.25. The van der Waals surface area contributed by atoms with Crippen molar-refractivity contribution in [2.75, 3.05) is 0 Å². The number of benzene rings is 3. The zero-order valence-corrected chi connectivity index (χ0v) is 11.4. The summed E-state index contributed by atoms with van der Waals surface area (Å²) < 4.78 is 5.91. The van der Waals surface area contributed by atoms with E-state index in [4.69, 9.17) is 16.0 Å². The van der Waals surface area contributed by atoms with Gasteiger partial charge in [0, 0.05) is 15.8 Å². The predicted molar refractivity (Wildman–Crippen MR) is 84.2 cm³/mol. The van der Waals surface area contributed by atoms with Gasteiger partial charge in [0.15, 0.2) is 0 Å². The van der Waals surface area contributed by atoms with E-state index < -0.39 is 0 Å². The van der Waals surface area contributed by atoms with E-state index in [0.29, 0.717) is 0 Å². The van der Waals surface area contributed by atoms with E-state index in [0.717, 1.165) is 38.1 Å². The zero-order chi connectivity index (χ0) is 13.5. The van der Waals surface area contributed by atoms with Crippen LogP contribution in [0.3, 0.4) is 0 Å². The lowest BCUT2D eigenvalue weighted by Crippen LogP contribution is -1.76. The van der Waals surface area contributed by atoms with Crippen LogP contribution in [0.2, 0.25) is 5.02 Å². The molecule has 3 aromatic carbocycles. The van der Waals surface area contributed by atoms with Crippen molar-refractivity contribution in [3.8, 4) is 11.1 Å². The molecule has 0 aliphatic heterocycles. The predicted octanol–water partition coefficient (Wildman–Crippen LogP) is 5.91. The molecule has 0 saturated carbocycles. The number of furan rings is 1. The molecule has 0 fully saturated rings. The first kappa shape index (κ1) is 11.6. The monoisotopic (exact) mass is 278 g/mol. The smallest absolute Gasteiger partial charge is 0.136 e. The average molecular weight is 279 g/mol. The molecular formula is C18H11ClO. The van der Waals surface area contributed by atoms with Crippen LogP contribution >= 0.6 is 11.6 Å². The van der Waals surface area contributed by atoms with Gasteiger partial charge in [0.2, 0.25) is 0 Å². The Morgan fingerprint density at radius 3 is 2.20 bits per heavy atom. The van der Waals surface area contributed by atoms with Crippen molar-refractivity contribution in [1.29, 1.82) is 0 Å². The highest BCUT2D eigenvalue weighted by Gasteiger charge is 2.07. The Balaban J connectivity index is 1.94. The third kappa shape index (κ3) is 1.79. The summed E-state index contributed by atoms with van der Waals surface area (Å²) in [4.78, 5) is 0. The molecule has 0 aliphatic carbocycles. The third-order valence-electron chi connectivity index (χ3n) is 3.56. The van der Waals surface area contributed by atoms with Crippen LogP contribution in [0.25, 0.3) is 33.1 Å². The van der Waals surface area contributed by atoms with Crippen LogP contribution in [0.4, 0.5) is 0 Å². The SMILES string of the molecule is Clc1ccc(-c2ccc3c(c2)oc2ccccc23)cc1. The summed E-state index contributed by atoms with van der Waals surface area (Å²) in [6.45, 7) is 0. The third-order valence-corrected chi connectivity index (χ3v) is 3.81. The average Bonchev–Trinajstić information content (AvgIpc) is 2.85. The molecule has 0 radical (unpaired) electrons. The van der Waals surface area contributed by atoms with Crippen LogP contribution < -0.4 is 0 Å². The summed E-state index contributed by atoms with van der Waals surface area (Å²) in [5.74, 6) is 0. The van der Waals surface area contributed by atoms with Gasteiger partial charge in [-0.1, -0.05) is 48.0 Å². The fourth-order valence-electron chi connectivity index (χ4n) is 2.55. The van der Waals surface area contributed by atoms with Gasteiger partial charge in [-0.3, -0.25) is 0 Å². The van der Waals surface area contributed by atoms with Crippen molar-refractivity contribution >= 4 is 33.5 Å². The molecule has 0 bridgehead atoms. The molecule has 2 heteroatoms. The molecular weight excluding hydrogens is 268 g/mol. The van der Waals surface area contributed by atoms with Crippen LogP contribution in [0.15, 0.2) is 71.1 Å². The van der Waals surface area contributed by atoms with E-state index in [1.54, 1.807) is 0 Å². The quantitative estimate of drug-likeness (QED) is 0.422. The molecule has 0 aliphatic rings. The minimum Gasteiger partial charge on any atom is -0.456 e. The molecule has 0 amide bonds. The van der Waals surface area contributed by atoms with Crippen LogP contribution in [0.5, 0.6) is 0 Å². The van der Waals surface area contributed by atoms with E-state index in [-0.39, 0.29) is 0 Å². The van der Waals surface area contributed by atoms with E-state index >= 15 is 0 Å². The van der Waals surface area contributed by atoms with Gasteiger partial charge in [-0.25, -0.2) is 0 Å². The van der Waals surface area contributed by atoms with Crippen molar-refractivity contribution in [1.82, 2.24) is 0 Å². The number of hydrogen-bond donors (Lipinski definition) is 0. The van der Waals surface area contributed by atoms with Crippen LogP contribution in [0.1, 0.15) is 0 Å². The second-order valence-electron chi connectivity index (χ2n) is 4.82. The Morgan fingerprint density at radius 1 is 0.650 bits per heavy atom. The molecule has 0 atom stereocenters. The molecule has 0 unspecified atom stereocenters. The molecule has 96 valence electrons. The molecule has 1 nitrogen and oxygen atoms in total. The first-order chi connectivity index (χ1) is 9.81. The molecule has 4 rings (SSSR count). The fourth-order valence-corrected chi connectivity index (χ4v) is 2.67. The van der Waals surface area contributed by atoms with Crippen LogP contribution in [0, 0.1) is 0 Å². The number of para-hydroxylation sites is 1. The maximum Gasteiger partial charge on any atom is 0.136 e. The lowest BCUT2D eigenvalue weighted by Gasteiger charge is -2.01. The standard InChI is InChI=1S/C18H11ClO/c19-14-8-5-12(6-9-14)13-7-10-16-15-3-1-2-4-17(15)20-18(16)11-13/h1-11H. The molecule has 0 spiro atoms. The van der Waals surface area contributed by atoms with Gasteiger partial charge in [0.1, 0.15) is 11.2 Å². The lowest BCUT2D eigenvalue weighted by molar-refractivity contribution is 0.669. The topological polar surface area (TPSA) is 13.1 Å². The Kier molecular flexibility index (Phi) is 2.54. The highest BCUT2D eigenvalue weighted by atomic mass is 35.5. The summed E-state index contributed by atoms with van der Waals surface area (Å²) in [6, 6.07) is 22.3. The molecule has 0 N–H and O–H groups in total. The van der Waals surface area contributed by atoms with Crippen LogP contribution in [-0.4, -0.2) is 0 Å². The molecule has 4 aromatic rings.